The number of carbonyl (C=O) groups is 1. The lowest BCUT2D eigenvalue weighted by atomic mass is 10.1. The first-order valence-electron chi connectivity index (χ1n) is 8.78. The predicted octanol–water partition coefficient (Wildman–Crippen LogP) is 3.91. The number of thiophene rings is 1. The lowest BCUT2D eigenvalue weighted by Gasteiger charge is -2.37. The number of benzene rings is 1. The van der Waals surface area contributed by atoms with Crippen molar-refractivity contribution in [2.45, 2.75) is 25.7 Å². The zero-order chi connectivity index (χ0) is 19.4. The highest BCUT2D eigenvalue weighted by atomic mass is 32.1. The van der Waals surface area contributed by atoms with Gasteiger partial charge in [0.1, 0.15) is 0 Å². The molecule has 1 aromatic heterocycles. The minimum absolute atomic E-state index is 0.165. The predicted molar refractivity (Wildman–Crippen MR) is 101 cm³/mol. The van der Waals surface area contributed by atoms with E-state index in [4.69, 9.17) is 0 Å². The van der Waals surface area contributed by atoms with Gasteiger partial charge in [0.15, 0.2) is 0 Å². The molecule has 8 heteroatoms. The van der Waals surface area contributed by atoms with Crippen LogP contribution in [-0.4, -0.2) is 47.9 Å². The van der Waals surface area contributed by atoms with E-state index in [1.165, 1.54) is 17.7 Å². The first kappa shape index (κ1) is 19.9. The molecule has 0 radical (unpaired) electrons. The van der Waals surface area contributed by atoms with Crippen LogP contribution in [0.15, 0.2) is 41.1 Å². The fourth-order valence-corrected chi connectivity index (χ4v) is 3.80. The maximum Gasteiger partial charge on any atom is 0.416 e. The van der Waals surface area contributed by atoms with Gasteiger partial charge in [0, 0.05) is 38.4 Å². The molecule has 1 N–H and O–H groups in total. The van der Waals surface area contributed by atoms with Gasteiger partial charge in [-0.1, -0.05) is 6.07 Å². The topological polar surface area (TPSA) is 35.6 Å². The van der Waals surface area contributed by atoms with Gasteiger partial charge in [0.05, 0.1) is 11.6 Å². The molecule has 2 heterocycles. The van der Waals surface area contributed by atoms with Gasteiger partial charge in [-0.2, -0.15) is 24.5 Å². The molecule has 0 saturated carbocycles. The van der Waals surface area contributed by atoms with Gasteiger partial charge in [0.25, 0.3) is 0 Å². The lowest BCUT2D eigenvalue weighted by Crippen LogP contribution is -2.52. The fraction of sp³-hybridized carbons (Fsp3) is 0.421. The standard InChI is InChI=1S/C19H22F3N3OS/c1-14(18(26)23-17-4-2-3-16(11-17)19(20,21)22)25-8-6-24(7-9-25)12-15-5-10-27-13-15/h2-5,10-11,13-14H,6-9,12H2,1H3,(H,23,26)/t14-/m0/s1. The quantitative estimate of drug-likeness (QED) is 0.831. The van der Waals surface area contributed by atoms with Crippen molar-refractivity contribution in [3.8, 4) is 0 Å². The maximum atomic E-state index is 12.8. The zero-order valence-corrected chi connectivity index (χ0v) is 15.8. The van der Waals surface area contributed by atoms with E-state index >= 15 is 0 Å². The highest BCUT2D eigenvalue weighted by Crippen LogP contribution is 2.30. The Morgan fingerprint density at radius 2 is 1.96 bits per heavy atom. The van der Waals surface area contributed by atoms with Crippen molar-refractivity contribution in [3.05, 3.63) is 52.2 Å². The average Bonchev–Trinajstić information content (AvgIpc) is 3.14. The average molecular weight is 397 g/mol. The van der Waals surface area contributed by atoms with Gasteiger partial charge < -0.3 is 5.32 Å². The smallest absolute Gasteiger partial charge is 0.325 e. The van der Waals surface area contributed by atoms with Crippen LogP contribution in [0.3, 0.4) is 0 Å². The molecule has 1 atom stereocenters. The minimum atomic E-state index is -4.43. The van der Waals surface area contributed by atoms with Crippen LogP contribution in [0.25, 0.3) is 0 Å². The van der Waals surface area contributed by atoms with Crippen molar-refractivity contribution in [1.29, 1.82) is 0 Å². The highest BCUT2D eigenvalue weighted by molar-refractivity contribution is 7.07. The SMILES string of the molecule is C[C@@H](C(=O)Nc1cccc(C(F)(F)F)c1)N1CCN(Cc2ccsc2)CC1. The lowest BCUT2D eigenvalue weighted by molar-refractivity contribution is -0.137. The summed E-state index contributed by atoms with van der Waals surface area (Å²) in [5.41, 5.74) is 0.691. The fourth-order valence-electron chi connectivity index (χ4n) is 3.14. The summed E-state index contributed by atoms with van der Waals surface area (Å²) in [5, 5.41) is 6.80. The third-order valence-electron chi connectivity index (χ3n) is 4.78. The summed E-state index contributed by atoms with van der Waals surface area (Å²) in [4.78, 5) is 16.9. The summed E-state index contributed by atoms with van der Waals surface area (Å²) in [5.74, 6) is -0.291. The Bertz CT molecular complexity index is 756. The van der Waals surface area contributed by atoms with Crippen LogP contribution < -0.4 is 5.32 Å². The molecule has 0 aliphatic carbocycles. The molecule has 1 fully saturated rings. The zero-order valence-electron chi connectivity index (χ0n) is 15.0. The van der Waals surface area contributed by atoms with E-state index in [9.17, 15) is 18.0 Å². The Hall–Kier alpha value is -1.90. The number of hydrogen-bond acceptors (Lipinski definition) is 4. The molecular formula is C19H22F3N3OS. The summed E-state index contributed by atoms with van der Waals surface area (Å²) < 4.78 is 38.4. The van der Waals surface area contributed by atoms with Crippen molar-refractivity contribution in [1.82, 2.24) is 9.80 Å². The molecular weight excluding hydrogens is 375 g/mol. The molecule has 0 bridgehead atoms. The summed E-state index contributed by atoms with van der Waals surface area (Å²) in [6, 6.07) is 6.44. The second kappa shape index (κ2) is 8.41. The van der Waals surface area contributed by atoms with Gasteiger partial charge in [-0.25, -0.2) is 0 Å². The number of carbonyl (C=O) groups excluding carboxylic acids is 1. The number of halogens is 3. The first-order chi connectivity index (χ1) is 12.8. The van der Waals surface area contributed by atoms with Crippen LogP contribution in [0.2, 0.25) is 0 Å². The van der Waals surface area contributed by atoms with E-state index in [2.05, 4.69) is 31.9 Å². The monoisotopic (exact) mass is 397 g/mol. The number of alkyl halides is 3. The van der Waals surface area contributed by atoms with E-state index in [1.807, 2.05) is 0 Å². The van der Waals surface area contributed by atoms with Crippen LogP contribution in [-0.2, 0) is 17.5 Å². The molecule has 27 heavy (non-hydrogen) atoms. The molecule has 1 aromatic carbocycles. The van der Waals surface area contributed by atoms with Crippen LogP contribution in [0.1, 0.15) is 18.1 Å². The molecule has 1 aliphatic heterocycles. The summed E-state index contributed by atoms with van der Waals surface area (Å²) in [6.45, 7) is 5.91. The van der Waals surface area contributed by atoms with Gasteiger partial charge in [-0.3, -0.25) is 14.6 Å². The van der Waals surface area contributed by atoms with Gasteiger partial charge >= 0.3 is 6.18 Å². The Labute approximate surface area is 160 Å². The van der Waals surface area contributed by atoms with E-state index in [-0.39, 0.29) is 11.6 Å². The second-order valence-corrected chi connectivity index (χ2v) is 7.47. The largest absolute Gasteiger partial charge is 0.416 e. The minimum Gasteiger partial charge on any atom is -0.325 e. The second-order valence-electron chi connectivity index (χ2n) is 6.69. The number of hydrogen-bond donors (Lipinski definition) is 1. The van der Waals surface area contributed by atoms with Crippen LogP contribution in [0.4, 0.5) is 18.9 Å². The summed E-state index contributed by atoms with van der Waals surface area (Å²) >= 11 is 1.68. The van der Waals surface area contributed by atoms with E-state index < -0.39 is 17.8 Å². The first-order valence-corrected chi connectivity index (χ1v) is 9.73. The Balaban J connectivity index is 1.52. The van der Waals surface area contributed by atoms with Gasteiger partial charge in [0.2, 0.25) is 5.91 Å². The van der Waals surface area contributed by atoms with E-state index in [1.54, 1.807) is 18.3 Å². The Morgan fingerprint density at radius 1 is 1.22 bits per heavy atom. The summed E-state index contributed by atoms with van der Waals surface area (Å²) in [6.07, 6.45) is -4.43. The van der Waals surface area contributed by atoms with E-state index in [0.717, 1.165) is 44.9 Å². The van der Waals surface area contributed by atoms with Crippen molar-refractivity contribution < 1.29 is 18.0 Å². The normalized spacial score (nSPS) is 17.6. The molecule has 1 amide bonds. The molecule has 0 spiro atoms. The molecule has 0 unspecified atom stereocenters. The molecule has 1 aliphatic rings. The van der Waals surface area contributed by atoms with Crippen LogP contribution >= 0.6 is 11.3 Å². The van der Waals surface area contributed by atoms with Gasteiger partial charge in [-0.05, 0) is 47.5 Å². The molecule has 1 saturated heterocycles. The number of rotatable bonds is 5. The molecule has 3 rings (SSSR count). The highest BCUT2D eigenvalue weighted by Gasteiger charge is 2.31. The van der Waals surface area contributed by atoms with Crippen LogP contribution in [0, 0.1) is 0 Å². The number of amides is 1. The van der Waals surface area contributed by atoms with Crippen molar-refractivity contribution in [2.75, 3.05) is 31.5 Å². The third-order valence-corrected chi connectivity index (χ3v) is 5.51. The number of nitrogens with one attached hydrogen (secondary N) is 1. The van der Waals surface area contributed by atoms with Crippen molar-refractivity contribution in [2.24, 2.45) is 0 Å². The Kier molecular flexibility index (Phi) is 6.18. The van der Waals surface area contributed by atoms with E-state index in [0.29, 0.717) is 0 Å². The number of piperazine rings is 1. The van der Waals surface area contributed by atoms with Crippen molar-refractivity contribution >= 4 is 22.9 Å². The number of anilines is 1. The summed E-state index contributed by atoms with van der Waals surface area (Å²) in [7, 11) is 0. The third kappa shape index (κ3) is 5.31. The molecule has 4 nitrogen and oxygen atoms in total. The Morgan fingerprint density at radius 3 is 2.59 bits per heavy atom. The number of nitrogens with zero attached hydrogens (tertiary/aromatic N) is 2. The van der Waals surface area contributed by atoms with Crippen LogP contribution in [0.5, 0.6) is 0 Å². The molecule has 146 valence electrons. The molecule has 2 aromatic rings. The maximum absolute atomic E-state index is 12.8. The van der Waals surface area contributed by atoms with Gasteiger partial charge in [-0.15, -0.1) is 0 Å². The van der Waals surface area contributed by atoms with Crippen molar-refractivity contribution in [3.63, 3.8) is 0 Å².